The van der Waals surface area contributed by atoms with Crippen molar-refractivity contribution in [3.05, 3.63) is 51.9 Å². The van der Waals surface area contributed by atoms with Gasteiger partial charge in [-0.25, -0.2) is 0 Å². The summed E-state index contributed by atoms with van der Waals surface area (Å²) in [6.07, 6.45) is 1.10. The van der Waals surface area contributed by atoms with Crippen LogP contribution in [-0.4, -0.2) is 25.8 Å². The molecule has 1 aliphatic rings. The molecule has 2 heterocycles. The maximum Gasteiger partial charge on any atom is 0.416 e. The van der Waals surface area contributed by atoms with Crippen LogP contribution in [0.2, 0.25) is 0 Å². The fourth-order valence-corrected chi connectivity index (χ4v) is 4.21. The molecule has 0 spiro atoms. The summed E-state index contributed by atoms with van der Waals surface area (Å²) in [4.78, 5) is 19.4. The van der Waals surface area contributed by atoms with Crippen molar-refractivity contribution in [3.63, 3.8) is 0 Å². The number of nitrogens with zero attached hydrogens (tertiary/aromatic N) is 3. The third-order valence-corrected chi connectivity index (χ3v) is 5.61. The summed E-state index contributed by atoms with van der Waals surface area (Å²) in [5, 5.41) is 7.64. The molecular formula is C20H22F3N5O. The van der Waals surface area contributed by atoms with Crippen LogP contribution in [0, 0.1) is 0 Å². The minimum atomic E-state index is -4.41. The number of anilines is 1. The lowest BCUT2D eigenvalue weighted by Crippen LogP contribution is -2.30. The standard InChI is InChI=1S/C20H22F3N5O/c1-28-17-14(11-24-28)18(29)27-19(26-17)25-16-10-4-2-3-8-13(16)12-7-5-6-9-15(12)20(21,22)23/h5-7,9,11,13,16H,2-4,8,10H2,1H3,(H2,25,26,27,29)/t13-,16+/m1/s1. The maximum atomic E-state index is 13.6. The fraction of sp³-hybridized carbons (Fsp3) is 0.450. The Morgan fingerprint density at radius 1 is 1.17 bits per heavy atom. The van der Waals surface area contributed by atoms with Crippen LogP contribution in [0.3, 0.4) is 0 Å². The smallest absolute Gasteiger partial charge is 0.352 e. The first-order valence-electron chi connectivity index (χ1n) is 9.69. The molecule has 1 saturated carbocycles. The number of fused-ring (bicyclic) bond motifs is 1. The number of benzene rings is 1. The lowest BCUT2D eigenvalue weighted by atomic mass is 9.84. The summed E-state index contributed by atoms with van der Waals surface area (Å²) in [6, 6.07) is 5.50. The normalized spacial score (nSPS) is 20.6. The largest absolute Gasteiger partial charge is 0.416 e. The summed E-state index contributed by atoms with van der Waals surface area (Å²) in [5.74, 6) is -0.0737. The second-order valence-corrected chi connectivity index (χ2v) is 7.50. The van der Waals surface area contributed by atoms with Gasteiger partial charge in [0.05, 0.1) is 11.8 Å². The van der Waals surface area contributed by atoms with E-state index in [2.05, 4.69) is 20.4 Å². The highest BCUT2D eigenvalue weighted by molar-refractivity contribution is 5.74. The van der Waals surface area contributed by atoms with Crippen LogP contribution in [0.1, 0.15) is 49.1 Å². The van der Waals surface area contributed by atoms with Crippen molar-refractivity contribution < 1.29 is 13.2 Å². The summed E-state index contributed by atoms with van der Waals surface area (Å²) in [5.41, 5.74) is -0.200. The highest BCUT2D eigenvalue weighted by atomic mass is 19.4. The fourth-order valence-electron chi connectivity index (χ4n) is 4.21. The van der Waals surface area contributed by atoms with Gasteiger partial charge in [-0.15, -0.1) is 0 Å². The van der Waals surface area contributed by atoms with Crippen molar-refractivity contribution in [1.29, 1.82) is 0 Å². The monoisotopic (exact) mass is 405 g/mol. The number of halogens is 3. The van der Waals surface area contributed by atoms with Crippen molar-refractivity contribution in [1.82, 2.24) is 19.7 Å². The Bertz CT molecular complexity index is 1070. The van der Waals surface area contributed by atoms with Crippen molar-refractivity contribution in [2.24, 2.45) is 7.05 Å². The van der Waals surface area contributed by atoms with Crippen molar-refractivity contribution in [2.45, 2.75) is 50.2 Å². The van der Waals surface area contributed by atoms with Gasteiger partial charge in [-0.3, -0.25) is 14.5 Å². The number of aromatic amines is 1. The van der Waals surface area contributed by atoms with Crippen LogP contribution in [-0.2, 0) is 13.2 Å². The zero-order valence-electron chi connectivity index (χ0n) is 16.0. The van der Waals surface area contributed by atoms with Gasteiger partial charge in [-0.2, -0.15) is 23.3 Å². The molecule has 6 nitrogen and oxygen atoms in total. The van der Waals surface area contributed by atoms with Gasteiger partial charge in [0.2, 0.25) is 5.95 Å². The highest BCUT2D eigenvalue weighted by Gasteiger charge is 2.37. The SMILES string of the molecule is Cn1ncc2c(=O)[nH]c(N[C@H]3CCCCC[C@@H]3c3ccccc3C(F)(F)F)nc21. The van der Waals surface area contributed by atoms with Crippen molar-refractivity contribution in [2.75, 3.05) is 5.32 Å². The van der Waals surface area contributed by atoms with Gasteiger partial charge in [0.25, 0.3) is 5.56 Å². The zero-order valence-corrected chi connectivity index (χ0v) is 16.0. The number of aryl methyl sites for hydroxylation is 1. The van der Waals surface area contributed by atoms with E-state index >= 15 is 0 Å². The molecule has 4 rings (SSSR count). The summed E-state index contributed by atoms with van der Waals surface area (Å²) in [6.45, 7) is 0. The Hall–Kier alpha value is -2.84. The van der Waals surface area contributed by atoms with Gasteiger partial charge in [0.15, 0.2) is 5.65 Å². The Balaban J connectivity index is 1.72. The Morgan fingerprint density at radius 3 is 2.72 bits per heavy atom. The number of H-pyrrole nitrogens is 1. The molecule has 2 atom stereocenters. The van der Waals surface area contributed by atoms with E-state index in [9.17, 15) is 18.0 Å². The summed E-state index contributed by atoms with van der Waals surface area (Å²) in [7, 11) is 1.69. The molecule has 0 aliphatic heterocycles. The molecule has 29 heavy (non-hydrogen) atoms. The second-order valence-electron chi connectivity index (χ2n) is 7.50. The Morgan fingerprint density at radius 2 is 1.93 bits per heavy atom. The first kappa shape index (κ1) is 19.5. The molecule has 2 aromatic heterocycles. The lowest BCUT2D eigenvalue weighted by Gasteiger charge is -2.29. The predicted octanol–water partition coefficient (Wildman–Crippen LogP) is 4.20. The molecule has 0 amide bonds. The average molecular weight is 405 g/mol. The van der Waals surface area contributed by atoms with Crippen LogP contribution in [0.4, 0.5) is 19.1 Å². The van der Waals surface area contributed by atoms with E-state index in [4.69, 9.17) is 0 Å². The number of hydrogen-bond donors (Lipinski definition) is 2. The number of nitrogens with one attached hydrogen (secondary N) is 2. The van der Waals surface area contributed by atoms with E-state index in [1.807, 2.05) is 0 Å². The minimum Gasteiger partial charge on any atom is -0.352 e. The second kappa shape index (κ2) is 7.53. The molecule has 0 unspecified atom stereocenters. The number of rotatable bonds is 3. The van der Waals surface area contributed by atoms with Crippen LogP contribution >= 0.6 is 0 Å². The van der Waals surface area contributed by atoms with Crippen molar-refractivity contribution in [3.8, 4) is 0 Å². The molecule has 154 valence electrons. The first-order valence-corrected chi connectivity index (χ1v) is 9.69. The molecule has 1 aromatic carbocycles. The van der Waals surface area contributed by atoms with Crippen LogP contribution in [0.25, 0.3) is 11.0 Å². The molecule has 9 heteroatoms. The van der Waals surface area contributed by atoms with Gasteiger partial charge in [0.1, 0.15) is 5.39 Å². The summed E-state index contributed by atoms with van der Waals surface area (Å²) < 4.78 is 42.3. The van der Waals surface area contributed by atoms with E-state index in [0.29, 0.717) is 29.4 Å². The van der Waals surface area contributed by atoms with E-state index in [1.54, 1.807) is 19.2 Å². The van der Waals surface area contributed by atoms with Crippen LogP contribution < -0.4 is 10.9 Å². The average Bonchev–Trinajstić information content (AvgIpc) is 2.90. The molecule has 0 radical (unpaired) electrons. The van der Waals surface area contributed by atoms with Gasteiger partial charge in [0, 0.05) is 19.0 Å². The maximum absolute atomic E-state index is 13.6. The molecule has 1 aliphatic carbocycles. The van der Waals surface area contributed by atoms with Crippen molar-refractivity contribution >= 4 is 17.0 Å². The minimum absolute atomic E-state index is 0.257. The predicted molar refractivity (Wildman–Crippen MR) is 104 cm³/mol. The van der Waals surface area contributed by atoms with E-state index in [0.717, 1.165) is 25.3 Å². The van der Waals surface area contributed by atoms with Crippen LogP contribution in [0.15, 0.2) is 35.3 Å². The molecule has 1 fully saturated rings. The van der Waals surface area contributed by atoms with E-state index in [1.165, 1.54) is 16.9 Å². The highest BCUT2D eigenvalue weighted by Crippen LogP contribution is 2.40. The first-order chi connectivity index (χ1) is 13.8. The number of alkyl halides is 3. The molecule has 0 bridgehead atoms. The number of hydrogen-bond acceptors (Lipinski definition) is 4. The van der Waals surface area contributed by atoms with Gasteiger partial charge < -0.3 is 5.32 Å². The van der Waals surface area contributed by atoms with Gasteiger partial charge in [-0.1, -0.05) is 37.5 Å². The van der Waals surface area contributed by atoms with E-state index in [-0.39, 0.29) is 23.5 Å². The zero-order chi connectivity index (χ0) is 20.6. The lowest BCUT2D eigenvalue weighted by molar-refractivity contribution is -0.138. The molecule has 2 N–H and O–H groups in total. The molecular weight excluding hydrogens is 383 g/mol. The summed E-state index contributed by atoms with van der Waals surface area (Å²) >= 11 is 0. The van der Waals surface area contributed by atoms with Gasteiger partial charge >= 0.3 is 6.18 Å². The van der Waals surface area contributed by atoms with E-state index < -0.39 is 11.7 Å². The van der Waals surface area contributed by atoms with Gasteiger partial charge in [-0.05, 0) is 24.5 Å². The quantitative estimate of drug-likeness (QED) is 0.641. The third-order valence-electron chi connectivity index (χ3n) is 5.61. The molecule has 3 aromatic rings. The Labute approximate surface area is 165 Å². The molecule has 0 saturated heterocycles. The topological polar surface area (TPSA) is 75.6 Å². The Kier molecular flexibility index (Phi) is 5.06. The number of aromatic nitrogens is 4. The van der Waals surface area contributed by atoms with Crippen LogP contribution in [0.5, 0.6) is 0 Å². The third kappa shape index (κ3) is 3.86.